The summed E-state index contributed by atoms with van der Waals surface area (Å²) < 4.78 is 2.28. The molecule has 0 saturated carbocycles. The number of benzene rings is 4. The fourth-order valence-electron chi connectivity index (χ4n) is 6.33. The first-order valence-corrected chi connectivity index (χ1v) is 22.5. The van der Waals surface area contributed by atoms with E-state index in [0.717, 1.165) is 6.42 Å². The van der Waals surface area contributed by atoms with Crippen molar-refractivity contribution >= 4 is 15.8 Å². The summed E-state index contributed by atoms with van der Waals surface area (Å²) in [5.41, 5.74) is 8.30. The third-order valence-corrected chi connectivity index (χ3v) is 28.3. The van der Waals surface area contributed by atoms with E-state index in [2.05, 4.69) is 157 Å². The molecular weight excluding hydrogens is 576 g/mol. The van der Waals surface area contributed by atoms with E-state index >= 15 is 0 Å². The van der Waals surface area contributed by atoms with Gasteiger partial charge in [0.1, 0.15) is 0 Å². The molecule has 2 aliphatic rings. The zero-order valence-corrected chi connectivity index (χ0v) is 28.2. The van der Waals surface area contributed by atoms with Gasteiger partial charge in [-0.05, 0) is 0 Å². The standard InChI is InChI=1S/C21H25.C12H10Si.C5H5.Zr/c1-20(2,3)16-7-9-18-14(12-16)11-15-13-17(21(4,5)6)8-10-19(15)18;1-3-7-11(8-4-1)13-12-9-5-2-6-10-12;1-2-4-5-3-1;/h7-13H,1-6H3;1-10H;1-3H,4H2;. The quantitative estimate of drug-likeness (QED) is 0.202. The zero-order chi connectivity index (χ0) is 28.1. The summed E-state index contributed by atoms with van der Waals surface area (Å²) in [4.78, 5) is 0. The van der Waals surface area contributed by atoms with Crippen molar-refractivity contribution in [2.45, 2.75) is 62.4 Å². The van der Waals surface area contributed by atoms with E-state index in [1.807, 2.05) is 0 Å². The summed E-state index contributed by atoms with van der Waals surface area (Å²) >= 11 is -2.47. The van der Waals surface area contributed by atoms with E-state index in [0.29, 0.717) is 3.63 Å². The molecule has 4 aromatic rings. The van der Waals surface area contributed by atoms with Crippen molar-refractivity contribution in [2.24, 2.45) is 0 Å². The molecule has 2 heteroatoms. The third kappa shape index (κ3) is 5.15. The predicted octanol–water partition coefficient (Wildman–Crippen LogP) is 8.62. The molecule has 4 aromatic carbocycles. The average molecular weight is 616 g/mol. The molecular formula is C38H40SiZr. The second-order valence-electron chi connectivity index (χ2n) is 13.4. The number of rotatable bonds is 4. The number of hydrogen-bond acceptors (Lipinski definition) is 0. The molecule has 0 spiro atoms. The minimum absolute atomic E-state index is 0.120. The molecule has 0 atom stereocenters. The SMILES string of the molecule is CC(C)(C)c1ccc2c(c1)[CH]([Zr]([C]1=CC=CC1)=[Si](c1ccccc1)c1ccccc1)c1cc(C(C)(C)C)ccc1-2. The molecule has 6 rings (SSSR count). The van der Waals surface area contributed by atoms with E-state index in [1.54, 1.807) is 24.8 Å². The Morgan fingerprint density at radius 1 is 0.625 bits per heavy atom. The van der Waals surface area contributed by atoms with Crippen LogP contribution in [0.4, 0.5) is 0 Å². The van der Waals surface area contributed by atoms with E-state index in [1.165, 1.54) is 22.3 Å². The molecule has 0 nitrogen and oxygen atoms in total. The molecule has 0 bridgehead atoms. The minimum atomic E-state index is -2.47. The molecule has 40 heavy (non-hydrogen) atoms. The summed E-state index contributed by atoms with van der Waals surface area (Å²) in [6, 6.07) is 38.0. The second kappa shape index (κ2) is 10.7. The van der Waals surface area contributed by atoms with Crippen LogP contribution in [-0.4, -0.2) is 5.43 Å². The summed E-state index contributed by atoms with van der Waals surface area (Å²) in [7, 11) is 0. The van der Waals surface area contributed by atoms with Crippen LogP contribution in [0.3, 0.4) is 0 Å². The van der Waals surface area contributed by atoms with Gasteiger partial charge in [0.05, 0.1) is 0 Å². The van der Waals surface area contributed by atoms with Gasteiger partial charge in [0.15, 0.2) is 0 Å². The van der Waals surface area contributed by atoms with Gasteiger partial charge in [0, 0.05) is 0 Å². The predicted molar refractivity (Wildman–Crippen MR) is 171 cm³/mol. The Morgan fingerprint density at radius 2 is 1.10 bits per heavy atom. The number of hydrogen-bond donors (Lipinski definition) is 0. The third-order valence-electron chi connectivity index (χ3n) is 8.55. The topological polar surface area (TPSA) is 0 Å². The van der Waals surface area contributed by atoms with Crippen LogP contribution >= 0.6 is 0 Å². The first-order chi connectivity index (χ1) is 19.1. The Hall–Kier alpha value is -2.54. The van der Waals surface area contributed by atoms with Crippen LogP contribution in [0.2, 0.25) is 0 Å². The van der Waals surface area contributed by atoms with E-state index in [-0.39, 0.29) is 10.8 Å². The van der Waals surface area contributed by atoms with Gasteiger partial charge in [0.2, 0.25) is 0 Å². The molecule has 0 N–H and O–H groups in total. The second-order valence-corrected chi connectivity index (χ2v) is 27.2. The van der Waals surface area contributed by atoms with Crippen molar-refractivity contribution in [3.8, 4) is 11.1 Å². The van der Waals surface area contributed by atoms with Gasteiger partial charge in [-0.15, -0.1) is 0 Å². The Kier molecular flexibility index (Phi) is 7.39. The fourth-order valence-corrected chi connectivity index (χ4v) is 28.5. The zero-order valence-electron chi connectivity index (χ0n) is 24.8. The molecule has 0 aliphatic heterocycles. The van der Waals surface area contributed by atoms with Gasteiger partial charge in [-0.2, -0.15) is 0 Å². The number of fused-ring (bicyclic) bond motifs is 3. The summed E-state index contributed by atoms with van der Waals surface area (Å²) in [5.74, 6) is 0. The van der Waals surface area contributed by atoms with Crippen molar-refractivity contribution in [1.29, 1.82) is 0 Å². The van der Waals surface area contributed by atoms with Crippen LogP contribution in [0.25, 0.3) is 11.1 Å². The fraction of sp³-hybridized carbons (Fsp3) is 0.263. The van der Waals surface area contributed by atoms with Crippen molar-refractivity contribution < 1.29 is 20.4 Å². The van der Waals surface area contributed by atoms with Crippen LogP contribution in [0.1, 0.15) is 73.8 Å². The molecule has 0 unspecified atom stereocenters. The van der Waals surface area contributed by atoms with E-state index < -0.39 is 25.8 Å². The van der Waals surface area contributed by atoms with E-state index in [9.17, 15) is 0 Å². The van der Waals surface area contributed by atoms with Gasteiger partial charge in [-0.25, -0.2) is 0 Å². The van der Waals surface area contributed by atoms with Gasteiger partial charge in [-0.1, -0.05) is 0 Å². The van der Waals surface area contributed by atoms with Crippen molar-refractivity contribution in [3.05, 3.63) is 141 Å². The van der Waals surface area contributed by atoms with Crippen LogP contribution in [0.5, 0.6) is 0 Å². The Bertz CT molecular complexity index is 1550. The maximum absolute atomic E-state index is 2.61. The van der Waals surface area contributed by atoms with Crippen molar-refractivity contribution in [1.82, 2.24) is 0 Å². The van der Waals surface area contributed by atoms with Crippen molar-refractivity contribution in [2.75, 3.05) is 0 Å². The molecule has 200 valence electrons. The Balaban J connectivity index is 1.74. The monoisotopic (exact) mass is 614 g/mol. The van der Waals surface area contributed by atoms with Crippen LogP contribution in [0.15, 0.2) is 119 Å². The first kappa shape index (κ1) is 27.6. The van der Waals surface area contributed by atoms with E-state index in [4.69, 9.17) is 0 Å². The number of allylic oxidation sites excluding steroid dienone is 4. The summed E-state index contributed by atoms with van der Waals surface area (Å²) in [6.07, 6.45) is 8.38. The molecule has 0 fully saturated rings. The Morgan fingerprint density at radius 3 is 1.50 bits per heavy atom. The van der Waals surface area contributed by atoms with Crippen LogP contribution in [0, 0.1) is 0 Å². The first-order valence-electron chi connectivity index (χ1n) is 14.6. The summed E-state index contributed by atoms with van der Waals surface area (Å²) in [5, 5.41) is 3.16. The van der Waals surface area contributed by atoms with Crippen LogP contribution in [-0.2, 0) is 31.2 Å². The van der Waals surface area contributed by atoms with Crippen molar-refractivity contribution in [3.63, 3.8) is 0 Å². The van der Waals surface area contributed by atoms with Gasteiger partial charge < -0.3 is 0 Å². The molecule has 0 aromatic heterocycles. The van der Waals surface area contributed by atoms with Crippen LogP contribution < -0.4 is 10.4 Å². The molecule has 0 amide bonds. The molecule has 0 heterocycles. The molecule has 0 saturated heterocycles. The normalized spacial score (nSPS) is 14.6. The average Bonchev–Trinajstić information content (AvgIpc) is 3.58. The van der Waals surface area contributed by atoms with Gasteiger partial charge >= 0.3 is 251 Å². The maximum atomic E-state index is 2.61. The Labute approximate surface area is 249 Å². The van der Waals surface area contributed by atoms with Gasteiger partial charge in [0.25, 0.3) is 0 Å². The van der Waals surface area contributed by atoms with Gasteiger partial charge in [-0.3, -0.25) is 0 Å². The molecule has 2 aliphatic carbocycles. The molecule has 0 radical (unpaired) electrons. The summed E-state index contributed by atoms with van der Waals surface area (Å²) in [6.45, 7) is 14.1.